The molecule has 56 heavy (non-hydrogen) atoms. The first kappa shape index (κ1) is 33.2. The van der Waals surface area contributed by atoms with Crippen LogP contribution in [0.15, 0.2) is 187 Å². The summed E-state index contributed by atoms with van der Waals surface area (Å²) in [6, 6.07) is 63.7. The zero-order valence-corrected chi connectivity index (χ0v) is 31.0. The number of imidazole rings is 1. The van der Waals surface area contributed by atoms with Crippen LogP contribution in [0.1, 0.15) is 0 Å². The summed E-state index contributed by atoms with van der Waals surface area (Å²) in [7, 11) is 3.68. The molecular weight excluding hydrogens is 685 g/mol. The molecule has 0 aliphatic rings. The average Bonchev–Trinajstić information content (AvgIpc) is 3.49. The van der Waals surface area contributed by atoms with Crippen LogP contribution in [0.3, 0.4) is 0 Å². The molecule has 5 nitrogen and oxygen atoms in total. The van der Waals surface area contributed by atoms with Gasteiger partial charge in [0.05, 0.1) is 22.4 Å². The molecule has 0 amide bonds. The fraction of sp³-hybridized carbons (Fsp3) is 0.0392. The molecule has 0 fully saturated rings. The molecule has 0 saturated carbocycles. The molecule has 0 saturated heterocycles. The summed E-state index contributed by atoms with van der Waals surface area (Å²) in [6.07, 6.45) is 0. The second-order valence-electron chi connectivity index (χ2n) is 14.3. The summed E-state index contributed by atoms with van der Waals surface area (Å²) in [5, 5.41) is 4.70. The molecule has 10 aromatic rings. The molecule has 0 N–H and O–H groups in total. The fourth-order valence-corrected chi connectivity index (χ4v) is 8.31. The van der Waals surface area contributed by atoms with E-state index in [1.54, 1.807) is 9.13 Å². The van der Waals surface area contributed by atoms with Crippen LogP contribution in [-0.2, 0) is 14.1 Å². The number of fused-ring (bicyclic) bond motifs is 3. The van der Waals surface area contributed by atoms with E-state index in [9.17, 15) is 4.79 Å². The van der Waals surface area contributed by atoms with Crippen LogP contribution >= 0.6 is 0 Å². The number of rotatable bonds is 6. The van der Waals surface area contributed by atoms with E-state index < -0.39 is 0 Å². The van der Waals surface area contributed by atoms with Crippen molar-refractivity contribution < 1.29 is 0 Å². The minimum Gasteiger partial charge on any atom is -0.295 e. The van der Waals surface area contributed by atoms with Crippen LogP contribution in [-0.4, -0.2) is 19.1 Å². The van der Waals surface area contributed by atoms with Gasteiger partial charge in [0.2, 0.25) is 0 Å². The number of benzene rings is 8. The SMILES string of the molecule is Cn1c(=O)n(C)c2c(-c3cccc(-c4c5ccccc5c(-c5cccc(-c6cc(-c7ccccc7)nc(-c7ccccc7)n6)c5)c5ccccc45)c3)cccc21. The number of hydrogen-bond acceptors (Lipinski definition) is 3. The normalized spacial score (nSPS) is 11.5. The Labute approximate surface area is 324 Å². The molecule has 0 bridgehead atoms. The number of nitrogens with zero attached hydrogens (tertiary/aromatic N) is 4. The highest BCUT2D eigenvalue weighted by Gasteiger charge is 2.19. The van der Waals surface area contributed by atoms with Gasteiger partial charge in [0.1, 0.15) is 0 Å². The lowest BCUT2D eigenvalue weighted by molar-refractivity contribution is 0.795. The Hall–Kier alpha value is -7.37. The summed E-state index contributed by atoms with van der Waals surface area (Å²) < 4.78 is 3.46. The van der Waals surface area contributed by atoms with Crippen LogP contribution < -0.4 is 5.69 Å². The third kappa shape index (κ3) is 5.52. The van der Waals surface area contributed by atoms with Gasteiger partial charge in [-0.05, 0) is 73.6 Å². The molecule has 0 radical (unpaired) electrons. The smallest absolute Gasteiger partial charge is 0.295 e. The summed E-state index contributed by atoms with van der Waals surface area (Å²) in [4.78, 5) is 23.1. The maximum absolute atomic E-state index is 13.0. The van der Waals surface area contributed by atoms with E-state index in [0.717, 1.165) is 61.4 Å². The van der Waals surface area contributed by atoms with Crippen molar-refractivity contribution in [3.05, 3.63) is 192 Å². The van der Waals surface area contributed by atoms with Gasteiger partial charge in [-0.1, -0.05) is 158 Å². The highest BCUT2D eigenvalue weighted by Crippen LogP contribution is 2.45. The monoisotopic (exact) mass is 720 g/mol. The Balaban J connectivity index is 1.16. The van der Waals surface area contributed by atoms with Crippen LogP contribution in [0.2, 0.25) is 0 Å². The van der Waals surface area contributed by atoms with Gasteiger partial charge in [0.25, 0.3) is 0 Å². The van der Waals surface area contributed by atoms with Crippen molar-refractivity contribution in [3.8, 4) is 67.3 Å². The van der Waals surface area contributed by atoms with Crippen LogP contribution in [0.4, 0.5) is 0 Å². The Morgan fingerprint density at radius 1 is 0.393 bits per heavy atom. The van der Waals surface area contributed by atoms with Crippen LogP contribution in [0.25, 0.3) is 99.9 Å². The zero-order valence-electron chi connectivity index (χ0n) is 31.0. The van der Waals surface area contributed by atoms with Crippen molar-refractivity contribution in [2.45, 2.75) is 0 Å². The van der Waals surface area contributed by atoms with Crippen molar-refractivity contribution in [1.29, 1.82) is 0 Å². The van der Waals surface area contributed by atoms with Crippen molar-refractivity contribution in [1.82, 2.24) is 19.1 Å². The van der Waals surface area contributed by atoms with E-state index >= 15 is 0 Å². The number of aryl methyl sites for hydroxylation is 2. The van der Waals surface area contributed by atoms with Crippen molar-refractivity contribution in [2.24, 2.45) is 14.1 Å². The summed E-state index contributed by atoms with van der Waals surface area (Å²) in [6.45, 7) is 0. The minimum atomic E-state index is -0.0340. The second-order valence-corrected chi connectivity index (χ2v) is 14.3. The highest BCUT2D eigenvalue weighted by atomic mass is 16.1. The van der Waals surface area contributed by atoms with E-state index in [0.29, 0.717) is 5.82 Å². The first-order valence-electron chi connectivity index (χ1n) is 18.8. The van der Waals surface area contributed by atoms with Gasteiger partial charge >= 0.3 is 5.69 Å². The highest BCUT2D eigenvalue weighted by molar-refractivity contribution is 6.21. The largest absolute Gasteiger partial charge is 0.328 e. The van der Waals surface area contributed by atoms with Crippen LogP contribution in [0.5, 0.6) is 0 Å². The Kier molecular flexibility index (Phi) is 8.00. The van der Waals surface area contributed by atoms with E-state index in [2.05, 4.69) is 133 Å². The summed E-state index contributed by atoms with van der Waals surface area (Å²) in [5.41, 5.74) is 13.3. The van der Waals surface area contributed by atoms with Gasteiger partial charge in [0, 0.05) is 36.3 Å². The number of hydrogen-bond donors (Lipinski definition) is 0. The van der Waals surface area contributed by atoms with E-state index in [1.807, 2.05) is 62.6 Å². The quantitative estimate of drug-likeness (QED) is 0.161. The molecule has 10 rings (SSSR count). The van der Waals surface area contributed by atoms with Crippen molar-refractivity contribution in [2.75, 3.05) is 0 Å². The van der Waals surface area contributed by atoms with E-state index in [4.69, 9.17) is 9.97 Å². The standard InChI is InChI=1S/C51H36N4O/c1-54-46-29-15-28-39(49(46)55(2)51(54)56)35-20-13-22-37(30-35)47-40-24-9-11-26-42(40)48(43-27-12-10-25-41(43)47)38-23-14-21-36(31-38)45-32-44(33-16-5-3-6-17-33)52-50(53-45)34-18-7-4-8-19-34/h3-32H,1-2H3. The maximum Gasteiger partial charge on any atom is 0.328 e. The van der Waals surface area contributed by atoms with Gasteiger partial charge in [0.15, 0.2) is 5.82 Å². The molecule has 0 aliphatic heterocycles. The van der Waals surface area contributed by atoms with Crippen molar-refractivity contribution >= 4 is 32.6 Å². The molecule has 8 aromatic carbocycles. The second kappa shape index (κ2) is 13.5. The Bertz CT molecular complexity index is 3060. The molecule has 2 aromatic heterocycles. The number of aromatic nitrogens is 4. The predicted octanol–water partition coefficient (Wildman–Crippen LogP) is 12.0. The van der Waals surface area contributed by atoms with Gasteiger partial charge < -0.3 is 0 Å². The molecule has 0 unspecified atom stereocenters. The predicted molar refractivity (Wildman–Crippen MR) is 231 cm³/mol. The number of para-hydroxylation sites is 1. The Morgan fingerprint density at radius 2 is 0.839 bits per heavy atom. The van der Waals surface area contributed by atoms with Crippen molar-refractivity contribution in [3.63, 3.8) is 0 Å². The molecule has 5 heteroatoms. The molecule has 0 atom stereocenters. The summed E-state index contributed by atoms with van der Waals surface area (Å²) >= 11 is 0. The topological polar surface area (TPSA) is 52.7 Å². The van der Waals surface area contributed by atoms with Gasteiger partial charge in [-0.25, -0.2) is 14.8 Å². The molecule has 266 valence electrons. The molecule has 0 aliphatic carbocycles. The maximum atomic E-state index is 13.0. The first-order valence-corrected chi connectivity index (χ1v) is 18.8. The lowest BCUT2D eigenvalue weighted by Gasteiger charge is -2.19. The lowest BCUT2D eigenvalue weighted by Crippen LogP contribution is -2.19. The van der Waals surface area contributed by atoms with Gasteiger partial charge in [-0.2, -0.15) is 0 Å². The average molecular weight is 721 g/mol. The third-order valence-electron chi connectivity index (χ3n) is 11.0. The van der Waals surface area contributed by atoms with Gasteiger partial charge in [-0.15, -0.1) is 0 Å². The zero-order chi connectivity index (χ0) is 37.8. The van der Waals surface area contributed by atoms with Crippen LogP contribution in [0, 0.1) is 0 Å². The third-order valence-corrected chi connectivity index (χ3v) is 11.0. The molecule has 2 heterocycles. The minimum absolute atomic E-state index is 0.0340. The van der Waals surface area contributed by atoms with E-state index in [1.165, 1.54) is 32.7 Å². The summed E-state index contributed by atoms with van der Waals surface area (Å²) in [5.74, 6) is 0.695. The first-order chi connectivity index (χ1) is 27.5. The lowest BCUT2D eigenvalue weighted by atomic mass is 9.85. The molecule has 0 spiro atoms. The fourth-order valence-electron chi connectivity index (χ4n) is 8.31. The Morgan fingerprint density at radius 3 is 1.43 bits per heavy atom. The van der Waals surface area contributed by atoms with E-state index in [-0.39, 0.29) is 5.69 Å². The molecular formula is C51H36N4O. The van der Waals surface area contributed by atoms with Gasteiger partial charge in [-0.3, -0.25) is 9.13 Å².